The maximum absolute atomic E-state index is 13.6. The van der Waals surface area contributed by atoms with Crippen LogP contribution in [0.5, 0.6) is 0 Å². The lowest BCUT2D eigenvalue weighted by atomic mass is 9.87. The highest BCUT2D eigenvalue weighted by Crippen LogP contribution is 2.22. The number of carbonyl (C=O) groups excluding carboxylic acids is 1. The molecule has 0 fully saturated rings. The lowest BCUT2D eigenvalue weighted by molar-refractivity contribution is 0.0945. The summed E-state index contributed by atoms with van der Waals surface area (Å²) in [6.07, 6.45) is 0. The molecule has 5 nitrogen and oxygen atoms in total. The number of benzene rings is 2. The summed E-state index contributed by atoms with van der Waals surface area (Å²) in [5, 5.41) is 0. The van der Waals surface area contributed by atoms with Crippen molar-refractivity contribution in [3.8, 4) is 0 Å². The molecule has 134 valence electrons. The molecule has 2 aromatic carbocycles. The third kappa shape index (κ3) is 4.61. The summed E-state index contributed by atoms with van der Waals surface area (Å²) in [6, 6.07) is 8.68. The Labute approximate surface area is 145 Å². The quantitative estimate of drug-likeness (QED) is 0.815. The fourth-order valence-electron chi connectivity index (χ4n) is 2.06. The molecule has 2 rings (SSSR count). The van der Waals surface area contributed by atoms with Crippen molar-refractivity contribution in [2.75, 3.05) is 0 Å². The lowest BCUT2D eigenvalue weighted by Gasteiger charge is -2.19. The molecule has 0 saturated heterocycles. The van der Waals surface area contributed by atoms with Gasteiger partial charge in [0.15, 0.2) is 0 Å². The molecule has 2 N–H and O–H groups in total. The molecule has 25 heavy (non-hydrogen) atoms. The van der Waals surface area contributed by atoms with Crippen LogP contribution < -0.4 is 10.3 Å². The number of hydrogen-bond donors (Lipinski definition) is 2. The van der Waals surface area contributed by atoms with Crippen molar-refractivity contribution in [3.63, 3.8) is 0 Å². The summed E-state index contributed by atoms with van der Waals surface area (Å²) in [7, 11) is -4.37. The van der Waals surface area contributed by atoms with Crippen molar-refractivity contribution in [2.45, 2.75) is 31.1 Å². The van der Waals surface area contributed by atoms with E-state index in [1.165, 1.54) is 0 Å². The van der Waals surface area contributed by atoms with Gasteiger partial charge in [0.1, 0.15) is 16.5 Å². The summed E-state index contributed by atoms with van der Waals surface area (Å²) >= 11 is 0. The lowest BCUT2D eigenvalue weighted by Crippen LogP contribution is -2.41. The second-order valence-electron chi connectivity index (χ2n) is 6.46. The van der Waals surface area contributed by atoms with E-state index in [1.807, 2.05) is 26.2 Å². The Bertz CT molecular complexity index is 889. The van der Waals surface area contributed by atoms with Crippen molar-refractivity contribution < 1.29 is 22.0 Å². The average Bonchev–Trinajstić information content (AvgIpc) is 2.51. The molecule has 0 bridgehead atoms. The largest absolute Gasteiger partial charge is 0.273 e. The smallest absolute Gasteiger partial charge is 0.266 e. The Balaban J connectivity index is 2.11. The van der Waals surface area contributed by atoms with Gasteiger partial charge < -0.3 is 0 Å². The summed E-state index contributed by atoms with van der Waals surface area (Å²) in [6.45, 7) is 6.06. The second kappa shape index (κ2) is 6.89. The van der Waals surface area contributed by atoms with E-state index < -0.39 is 32.5 Å². The van der Waals surface area contributed by atoms with Gasteiger partial charge in [-0.05, 0) is 35.2 Å². The highest BCUT2D eigenvalue weighted by molar-refractivity contribution is 7.89. The maximum atomic E-state index is 13.6. The molecule has 0 aliphatic carbocycles. The molecule has 0 aliphatic rings. The van der Waals surface area contributed by atoms with Crippen LogP contribution in [0.25, 0.3) is 0 Å². The molecule has 0 unspecified atom stereocenters. The Morgan fingerprint density at radius 2 is 1.60 bits per heavy atom. The number of hydrogen-bond acceptors (Lipinski definition) is 3. The van der Waals surface area contributed by atoms with Crippen LogP contribution in [-0.4, -0.2) is 14.3 Å². The van der Waals surface area contributed by atoms with Gasteiger partial charge in [-0.1, -0.05) is 32.9 Å². The van der Waals surface area contributed by atoms with Crippen molar-refractivity contribution in [2.24, 2.45) is 0 Å². The first-order chi connectivity index (χ1) is 11.5. The molecule has 0 heterocycles. The van der Waals surface area contributed by atoms with Gasteiger partial charge in [-0.15, -0.1) is 4.83 Å². The highest BCUT2D eigenvalue weighted by atomic mass is 32.2. The van der Waals surface area contributed by atoms with Gasteiger partial charge in [-0.3, -0.25) is 10.2 Å². The molecule has 0 saturated carbocycles. The zero-order valence-electron chi connectivity index (χ0n) is 13.9. The monoisotopic (exact) mass is 368 g/mol. The van der Waals surface area contributed by atoms with E-state index in [9.17, 15) is 22.0 Å². The topological polar surface area (TPSA) is 75.3 Å². The Morgan fingerprint density at radius 1 is 1.00 bits per heavy atom. The van der Waals surface area contributed by atoms with E-state index in [-0.39, 0.29) is 11.0 Å². The number of nitrogens with one attached hydrogen (secondary N) is 2. The number of amides is 1. The third-order valence-corrected chi connectivity index (χ3v) is 4.78. The normalized spacial score (nSPS) is 12.0. The van der Waals surface area contributed by atoms with Gasteiger partial charge >= 0.3 is 0 Å². The SMILES string of the molecule is CC(C)(C)c1ccc(C(=O)NNS(=O)(=O)c2ccc(F)cc2F)cc1. The molecule has 2 aromatic rings. The van der Waals surface area contributed by atoms with Gasteiger partial charge in [-0.25, -0.2) is 17.2 Å². The minimum absolute atomic E-state index is 0.0866. The molecule has 0 spiro atoms. The summed E-state index contributed by atoms with van der Waals surface area (Å²) in [4.78, 5) is 13.1. The Hall–Kier alpha value is -2.32. The average molecular weight is 368 g/mol. The summed E-state index contributed by atoms with van der Waals surface area (Å²) < 4.78 is 50.4. The highest BCUT2D eigenvalue weighted by Gasteiger charge is 2.21. The minimum atomic E-state index is -4.37. The number of rotatable bonds is 4. The van der Waals surface area contributed by atoms with Crippen LogP contribution >= 0.6 is 0 Å². The maximum Gasteiger partial charge on any atom is 0.266 e. The van der Waals surface area contributed by atoms with Crippen LogP contribution in [0.3, 0.4) is 0 Å². The number of hydrazine groups is 1. The number of halogens is 2. The van der Waals surface area contributed by atoms with E-state index in [0.717, 1.165) is 17.7 Å². The van der Waals surface area contributed by atoms with E-state index in [1.54, 1.807) is 29.1 Å². The van der Waals surface area contributed by atoms with Crippen molar-refractivity contribution >= 4 is 15.9 Å². The van der Waals surface area contributed by atoms with Crippen molar-refractivity contribution in [1.29, 1.82) is 0 Å². The van der Waals surface area contributed by atoms with E-state index in [0.29, 0.717) is 6.07 Å². The van der Waals surface area contributed by atoms with Crippen LogP contribution in [0.1, 0.15) is 36.7 Å². The zero-order valence-corrected chi connectivity index (χ0v) is 14.7. The minimum Gasteiger partial charge on any atom is -0.273 e. The first-order valence-electron chi connectivity index (χ1n) is 7.38. The molecular weight excluding hydrogens is 350 g/mol. The number of sulfonamides is 1. The van der Waals surface area contributed by atoms with Gasteiger partial charge in [0.25, 0.3) is 15.9 Å². The fourth-order valence-corrected chi connectivity index (χ4v) is 2.96. The van der Waals surface area contributed by atoms with E-state index in [4.69, 9.17) is 0 Å². The van der Waals surface area contributed by atoms with Crippen LogP contribution in [-0.2, 0) is 15.4 Å². The summed E-state index contributed by atoms with van der Waals surface area (Å²) in [5.74, 6) is -2.86. The van der Waals surface area contributed by atoms with Crippen molar-refractivity contribution in [1.82, 2.24) is 10.3 Å². The predicted molar refractivity (Wildman–Crippen MR) is 89.3 cm³/mol. The Morgan fingerprint density at radius 3 is 2.12 bits per heavy atom. The second-order valence-corrected chi connectivity index (χ2v) is 8.11. The molecule has 1 amide bonds. The molecule has 0 aliphatic heterocycles. The fraction of sp³-hybridized carbons (Fsp3) is 0.235. The van der Waals surface area contributed by atoms with Gasteiger partial charge in [-0.2, -0.15) is 0 Å². The summed E-state index contributed by atoms with van der Waals surface area (Å²) in [5.41, 5.74) is 3.16. The molecule has 0 atom stereocenters. The van der Waals surface area contributed by atoms with Gasteiger partial charge in [0.2, 0.25) is 0 Å². The number of carbonyl (C=O) groups is 1. The zero-order chi connectivity index (χ0) is 18.8. The van der Waals surface area contributed by atoms with Crippen molar-refractivity contribution in [3.05, 3.63) is 65.2 Å². The van der Waals surface area contributed by atoms with Crippen LogP contribution in [0.4, 0.5) is 8.78 Å². The van der Waals surface area contributed by atoms with E-state index >= 15 is 0 Å². The standard InChI is InChI=1S/C17H18F2N2O3S/c1-17(2,3)12-6-4-11(5-7-12)16(22)20-21-25(23,24)15-9-8-13(18)10-14(15)19/h4-10,21H,1-3H3,(H,20,22). The van der Waals surface area contributed by atoms with Crippen LogP contribution in [0.2, 0.25) is 0 Å². The molecule has 0 radical (unpaired) electrons. The third-order valence-electron chi connectivity index (χ3n) is 3.50. The predicted octanol–water partition coefficient (Wildman–Crippen LogP) is 2.89. The molecule has 0 aromatic heterocycles. The van der Waals surface area contributed by atoms with E-state index in [2.05, 4.69) is 0 Å². The molecular formula is C17H18F2N2O3S. The molecule has 8 heteroatoms. The Kier molecular flexibility index (Phi) is 5.24. The van der Waals surface area contributed by atoms with Crippen LogP contribution in [0.15, 0.2) is 47.4 Å². The first-order valence-corrected chi connectivity index (χ1v) is 8.87. The van der Waals surface area contributed by atoms with Gasteiger partial charge in [0, 0.05) is 11.6 Å². The van der Waals surface area contributed by atoms with Gasteiger partial charge in [0.05, 0.1) is 0 Å². The van der Waals surface area contributed by atoms with Crippen LogP contribution in [0, 0.1) is 11.6 Å². The first kappa shape index (κ1) is 19.0.